The highest BCUT2D eigenvalue weighted by atomic mass is 35.5. The van der Waals surface area contributed by atoms with Gasteiger partial charge in [0.1, 0.15) is 0 Å². The molecule has 3 N–H and O–H groups in total. The minimum Gasteiger partial charge on any atom is -0.399 e. The van der Waals surface area contributed by atoms with Crippen molar-refractivity contribution in [1.82, 2.24) is 0 Å². The number of aryl methyl sites for hydroxylation is 2. The van der Waals surface area contributed by atoms with Gasteiger partial charge in [0, 0.05) is 11.4 Å². The standard InChI is InChI=1S/C14H15ClN2/c1-9-6-10(2)14(13(15)7-9)17-12-5-3-4-11(16)8-12/h3-8,17H,16H2,1-2H3. The van der Waals surface area contributed by atoms with Gasteiger partial charge in [-0.3, -0.25) is 0 Å². The summed E-state index contributed by atoms with van der Waals surface area (Å²) >= 11 is 6.23. The lowest BCUT2D eigenvalue weighted by Crippen LogP contribution is -1.96. The van der Waals surface area contributed by atoms with Gasteiger partial charge in [-0.1, -0.05) is 23.7 Å². The number of rotatable bonds is 2. The molecule has 0 radical (unpaired) electrons. The number of nitrogens with one attached hydrogen (secondary N) is 1. The molecule has 2 rings (SSSR count). The summed E-state index contributed by atoms with van der Waals surface area (Å²) in [5.41, 5.74) is 10.6. The molecule has 0 saturated carbocycles. The SMILES string of the molecule is Cc1cc(C)c(Nc2cccc(N)c2)c(Cl)c1. The van der Waals surface area contributed by atoms with E-state index in [0.29, 0.717) is 0 Å². The van der Waals surface area contributed by atoms with Crippen LogP contribution in [-0.4, -0.2) is 0 Å². The summed E-state index contributed by atoms with van der Waals surface area (Å²) in [4.78, 5) is 0. The van der Waals surface area contributed by atoms with Crippen molar-refractivity contribution in [2.24, 2.45) is 0 Å². The first-order chi connectivity index (χ1) is 8.06. The van der Waals surface area contributed by atoms with E-state index in [1.54, 1.807) is 0 Å². The van der Waals surface area contributed by atoms with Crippen molar-refractivity contribution < 1.29 is 0 Å². The second kappa shape index (κ2) is 4.68. The summed E-state index contributed by atoms with van der Waals surface area (Å²) < 4.78 is 0. The van der Waals surface area contributed by atoms with Gasteiger partial charge in [0.2, 0.25) is 0 Å². The van der Waals surface area contributed by atoms with Crippen LogP contribution in [0.25, 0.3) is 0 Å². The normalized spacial score (nSPS) is 10.3. The first kappa shape index (κ1) is 11.8. The van der Waals surface area contributed by atoms with Crippen molar-refractivity contribution in [3.05, 3.63) is 52.5 Å². The summed E-state index contributed by atoms with van der Waals surface area (Å²) in [6, 6.07) is 11.7. The minimum absolute atomic E-state index is 0.727. The summed E-state index contributed by atoms with van der Waals surface area (Å²) in [5, 5.41) is 4.02. The van der Waals surface area contributed by atoms with Crippen LogP contribution in [0, 0.1) is 13.8 Å². The first-order valence-electron chi connectivity index (χ1n) is 5.45. The third-order valence-corrected chi connectivity index (χ3v) is 2.89. The Kier molecular flexibility index (Phi) is 3.25. The average molecular weight is 247 g/mol. The molecule has 0 aromatic heterocycles. The van der Waals surface area contributed by atoms with Crippen LogP contribution in [0.5, 0.6) is 0 Å². The number of anilines is 3. The molecule has 17 heavy (non-hydrogen) atoms. The quantitative estimate of drug-likeness (QED) is 0.776. The predicted octanol–water partition coefficient (Wildman–Crippen LogP) is 4.28. The summed E-state index contributed by atoms with van der Waals surface area (Å²) in [6.45, 7) is 4.07. The van der Waals surface area contributed by atoms with Gasteiger partial charge < -0.3 is 11.1 Å². The molecule has 0 bridgehead atoms. The van der Waals surface area contributed by atoms with Gasteiger partial charge in [0.15, 0.2) is 0 Å². The van der Waals surface area contributed by atoms with E-state index in [9.17, 15) is 0 Å². The average Bonchev–Trinajstić information content (AvgIpc) is 2.23. The first-order valence-corrected chi connectivity index (χ1v) is 5.83. The van der Waals surface area contributed by atoms with Gasteiger partial charge in [0.05, 0.1) is 10.7 Å². The third kappa shape index (κ3) is 2.71. The molecule has 0 spiro atoms. The van der Waals surface area contributed by atoms with Crippen LogP contribution in [0.1, 0.15) is 11.1 Å². The monoisotopic (exact) mass is 246 g/mol. The highest BCUT2D eigenvalue weighted by Gasteiger charge is 2.05. The smallest absolute Gasteiger partial charge is 0.0646 e. The van der Waals surface area contributed by atoms with Crippen LogP contribution in [0.3, 0.4) is 0 Å². The van der Waals surface area contributed by atoms with Crippen molar-refractivity contribution in [2.45, 2.75) is 13.8 Å². The van der Waals surface area contributed by atoms with Crippen molar-refractivity contribution in [1.29, 1.82) is 0 Å². The number of nitrogens with two attached hydrogens (primary N) is 1. The zero-order valence-electron chi connectivity index (χ0n) is 9.92. The number of hydrogen-bond donors (Lipinski definition) is 2. The van der Waals surface area contributed by atoms with Gasteiger partial charge in [-0.15, -0.1) is 0 Å². The molecule has 2 aromatic rings. The molecular weight excluding hydrogens is 232 g/mol. The molecule has 0 atom stereocenters. The van der Waals surface area contributed by atoms with Crippen LogP contribution in [-0.2, 0) is 0 Å². The Bertz CT molecular complexity index is 527. The van der Waals surface area contributed by atoms with Crippen LogP contribution in [0.2, 0.25) is 5.02 Å². The van der Waals surface area contributed by atoms with Gasteiger partial charge >= 0.3 is 0 Å². The van der Waals surface area contributed by atoms with Crippen LogP contribution < -0.4 is 11.1 Å². The molecule has 2 nitrogen and oxygen atoms in total. The van der Waals surface area contributed by atoms with Gasteiger partial charge in [-0.25, -0.2) is 0 Å². The Morgan fingerprint density at radius 1 is 1.12 bits per heavy atom. The third-order valence-electron chi connectivity index (χ3n) is 2.59. The number of benzene rings is 2. The Labute approximate surface area is 106 Å². The second-order valence-corrected chi connectivity index (χ2v) is 4.60. The fourth-order valence-electron chi connectivity index (χ4n) is 1.83. The fraction of sp³-hybridized carbons (Fsp3) is 0.143. The van der Waals surface area contributed by atoms with E-state index in [-0.39, 0.29) is 0 Å². The lowest BCUT2D eigenvalue weighted by atomic mass is 10.1. The summed E-state index contributed by atoms with van der Waals surface area (Å²) in [5.74, 6) is 0. The Hall–Kier alpha value is -1.67. The van der Waals surface area contributed by atoms with E-state index in [4.69, 9.17) is 17.3 Å². The molecule has 0 aliphatic carbocycles. The molecule has 0 fully saturated rings. The molecule has 0 amide bonds. The van der Waals surface area contributed by atoms with Crippen LogP contribution in [0.15, 0.2) is 36.4 Å². The number of nitrogen functional groups attached to an aromatic ring is 1. The zero-order valence-corrected chi connectivity index (χ0v) is 10.7. The predicted molar refractivity (Wildman–Crippen MR) is 75.1 cm³/mol. The Morgan fingerprint density at radius 3 is 2.53 bits per heavy atom. The van der Waals surface area contributed by atoms with Crippen LogP contribution >= 0.6 is 11.6 Å². The van der Waals surface area contributed by atoms with Crippen molar-refractivity contribution >= 4 is 28.7 Å². The maximum Gasteiger partial charge on any atom is 0.0646 e. The van der Waals surface area contributed by atoms with Crippen molar-refractivity contribution in [3.63, 3.8) is 0 Å². The van der Waals surface area contributed by atoms with E-state index in [2.05, 4.69) is 11.4 Å². The van der Waals surface area contributed by atoms with Crippen molar-refractivity contribution in [3.8, 4) is 0 Å². The Morgan fingerprint density at radius 2 is 1.88 bits per heavy atom. The van der Waals surface area contributed by atoms with Gasteiger partial charge in [-0.05, 0) is 49.2 Å². The largest absolute Gasteiger partial charge is 0.399 e. The number of hydrogen-bond acceptors (Lipinski definition) is 2. The molecule has 0 aliphatic heterocycles. The molecule has 2 aromatic carbocycles. The molecular formula is C14H15ClN2. The topological polar surface area (TPSA) is 38.0 Å². The maximum absolute atomic E-state index is 6.23. The van der Waals surface area contributed by atoms with E-state index >= 15 is 0 Å². The lowest BCUT2D eigenvalue weighted by Gasteiger charge is -2.13. The van der Waals surface area contributed by atoms with Gasteiger partial charge in [-0.2, -0.15) is 0 Å². The van der Waals surface area contributed by atoms with Gasteiger partial charge in [0.25, 0.3) is 0 Å². The molecule has 0 saturated heterocycles. The second-order valence-electron chi connectivity index (χ2n) is 4.19. The molecule has 0 unspecified atom stereocenters. The number of halogens is 1. The highest BCUT2D eigenvalue weighted by Crippen LogP contribution is 2.30. The Balaban J connectivity index is 2.36. The summed E-state index contributed by atoms with van der Waals surface area (Å²) in [7, 11) is 0. The molecule has 3 heteroatoms. The van der Waals surface area contributed by atoms with E-state index in [1.165, 1.54) is 0 Å². The highest BCUT2D eigenvalue weighted by molar-refractivity contribution is 6.33. The van der Waals surface area contributed by atoms with Crippen molar-refractivity contribution in [2.75, 3.05) is 11.1 Å². The maximum atomic E-state index is 6.23. The van der Waals surface area contributed by atoms with E-state index in [0.717, 1.165) is 33.2 Å². The molecule has 0 aliphatic rings. The zero-order chi connectivity index (χ0) is 12.4. The molecule has 88 valence electrons. The fourth-order valence-corrected chi connectivity index (χ4v) is 2.20. The van der Waals surface area contributed by atoms with E-state index in [1.807, 2.05) is 44.2 Å². The molecule has 0 heterocycles. The summed E-state index contributed by atoms with van der Waals surface area (Å²) in [6.07, 6.45) is 0. The lowest BCUT2D eigenvalue weighted by molar-refractivity contribution is 1.37. The van der Waals surface area contributed by atoms with Crippen LogP contribution in [0.4, 0.5) is 17.1 Å². The van der Waals surface area contributed by atoms with E-state index < -0.39 is 0 Å². The minimum atomic E-state index is 0.727.